The molecule has 1 aromatic carbocycles. The Bertz CT molecular complexity index is 1060. The van der Waals surface area contributed by atoms with Gasteiger partial charge in [0.1, 0.15) is 17.7 Å². The van der Waals surface area contributed by atoms with Gasteiger partial charge in [-0.2, -0.15) is 0 Å². The number of aromatic hydroxyl groups is 1. The van der Waals surface area contributed by atoms with Crippen molar-refractivity contribution < 1.29 is 14.2 Å². The minimum absolute atomic E-state index is 0.0430. The number of aryl methyl sites for hydroxylation is 1. The molecule has 6 rings (SSSR count). The summed E-state index contributed by atoms with van der Waals surface area (Å²) >= 11 is 0. The number of alkyl halides is 1. The van der Waals surface area contributed by atoms with Crippen molar-refractivity contribution in [1.82, 2.24) is 26.1 Å². The fourth-order valence-electron chi connectivity index (χ4n) is 6.29. The first kappa shape index (κ1) is 21.3. The molecule has 5 N–H and O–H groups in total. The second kappa shape index (κ2) is 8.51. The highest BCUT2D eigenvalue weighted by Gasteiger charge is 2.48. The molecule has 7 unspecified atom stereocenters. The Morgan fingerprint density at radius 1 is 1.21 bits per heavy atom. The number of ether oxygens (including phenoxy) is 1. The smallest absolute Gasteiger partial charge is 0.125 e. The van der Waals surface area contributed by atoms with Gasteiger partial charge >= 0.3 is 0 Å². The van der Waals surface area contributed by atoms with Gasteiger partial charge in [-0.25, -0.2) is 14.8 Å². The first-order valence-corrected chi connectivity index (χ1v) is 12.2. The average molecular weight is 454 g/mol. The van der Waals surface area contributed by atoms with Gasteiger partial charge in [0.05, 0.1) is 37.2 Å². The van der Waals surface area contributed by atoms with Crippen molar-refractivity contribution in [3.63, 3.8) is 0 Å². The van der Waals surface area contributed by atoms with E-state index >= 15 is 4.39 Å². The van der Waals surface area contributed by atoms with E-state index in [1.54, 1.807) is 12.1 Å². The minimum Gasteiger partial charge on any atom is -0.508 e. The fraction of sp³-hybridized carbons (Fsp3) is 0.560. The zero-order valence-corrected chi connectivity index (χ0v) is 18.9. The molecule has 7 nitrogen and oxygen atoms in total. The van der Waals surface area contributed by atoms with Gasteiger partial charge in [0.2, 0.25) is 0 Å². The molecule has 1 aromatic heterocycles. The molecule has 0 amide bonds. The molecule has 2 aromatic rings. The van der Waals surface area contributed by atoms with Crippen molar-refractivity contribution in [2.75, 3.05) is 13.2 Å². The number of phenolic OH excluding ortho intramolecular Hbond substituents is 1. The highest BCUT2D eigenvalue weighted by molar-refractivity contribution is 5.64. The Balaban J connectivity index is 1.20. The summed E-state index contributed by atoms with van der Waals surface area (Å²) < 4.78 is 21.4. The number of hydrogen-bond donors (Lipinski definition) is 5. The summed E-state index contributed by atoms with van der Waals surface area (Å²) in [6.07, 6.45) is 6.55. The van der Waals surface area contributed by atoms with E-state index in [4.69, 9.17) is 9.72 Å². The molecule has 1 saturated carbocycles. The van der Waals surface area contributed by atoms with E-state index in [1.165, 1.54) is 5.57 Å². The maximum Gasteiger partial charge on any atom is 0.125 e. The highest BCUT2D eigenvalue weighted by atomic mass is 19.1. The monoisotopic (exact) mass is 453 g/mol. The van der Waals surface area contributed by atoms with E-state index in [2.05, 4.69) is 34.2 Å². The summed E-state index contributed by atoms with van der Waals surface area (Å²) in [5.74, 6) is 1.08. The quantitative estimate of drug-likeness (QED) is 0.489. The van der Waals surface area contributed by atoms with Crippen LogP contribution in [0.25, 0.3) is 5.57 Å². The van der Waals surface area contributed by atoms with Crippen LogP contribution in [0.2, 0.25) is 0 Å². The number of H-pyrrole nitrogens is 1. The third-order valence-corrected chi connectivity index (χ3v) is 7.91. The first-order chi connectivity index (χ1) is 16.1. The summed E-state index contributed by atoms with van der Waals surface area (Å²) in [7, 11) is 0. The molecular weight excluding hydrogens is 421 g/mol. The number of benzene rings is 1. The number of halogens is 1. The molecule has 2 bridgehead atoms. The zero-order chi connectivity index (χ0) is 22.5. The van der Waals surface area contributed by atoms with Gasteiger partial charge in [-0.05, 0) is 54.5 Å². The number of rotatable bonds is 4. The van der Waals surface area contributed by atoms with E-state index in [9.17, 15) is 5.11 Å². The van der Waals surface area contributed by atoms with Crippen molar-refractivity contribution >= 4 is 5.57 Å². The second-order valence-corrected chi connectivity index (χ2v) is 9.91. The number of aromatic nitrogens is 2. The van der Waals surface area contributed by atoms with E-state index in [0.717, 1.165) is 54.9 Å². The van der Waals surface area contributed by atoms with Crippen molar-refractivity contribution in [3.8, 4) is 5.75 Å². The lowest BCUT2D eigenvalue weighted by atomic mass is 9.71. The van der Waals surface area contributed by atoms with Crippen LogP contribution in [0.15, 0.2) is 30.5 Å². The van der Waals surface area contributed by atoms with E-state index in [0.29, 0.717) is 12.6 Å². The third kappa shape index (κ3) is 3.79. The number of aromatic amines is 1. The van der Waals surface area contributed by atoms with E-state index < -0.39 is 6.17 Å². The Morgan fingerprint density at radius 3 is 2.97 bits per heavy atom. The van der Waals surface area contributed by atoms with Gasteiger partial charge in [0.25, 0.3) is 0 Å². The molecule has 1 aliphatic carbocycles. The van der Waals surface area contributed by atoms with Crippen molar-refractivity contribution in [2.24, 2.45) is 5.92 Å². The third-order valence-electron chi connectivity index (χ3n) is 7.91. The standard InChI is InChI=1S/C25H32FN5O2/c1-2-13-9-17(32)3-4-18(13)19-5-6-20-23(22(19)26)30-31-24(20)25-27-10-21(29-25)14-7-15-11-33-12-16(8-14)28-15/h3-4,7,9-10,15-16,19-20,22-24,28,30-32H,2,5-6,8,11-12H2,1H3,(H,27,29). The number of phenols is 1. The van der Waals surface area contributed by atoms with E-state index in [1.807, 2.05) is 12.3 Å². The minimum atomic E-state index is -1.00. The molecule has 4 heterocycles. The molecule has 176 valence electrons. The Morgan fingerprint density at radius 2 is 2.12 bits per heavy atom. The molecule has 8 heteroatoms. The normalized spacial score (nSPS) is 35.8. The zero-order valence-electron chi connectivity index (χ0n) is 18.9. The van der Waals surface area contributed by atoms with Gasteiger partial charge in [-0.3, -0.25) is 5.43 Å². The summed E-state index contributed by atoms with van der Waals surface area (Å²) in [4.78, 5) is 8.23. The maximum atomic E-state index is 15.8. The summed E-state index contributed by atoms with van der Waals surface area (Å²) in [5.41, 5.74) is 11.0. The van der Waals surface area contributed by atoms with Crippen LogP contribution in [0.1, 0.15) is 60.8 Å². The summed E-state index contributed by atoms with van der Waals surface area (Å²) in [6, 6.07) is 5.65. The number of nitrogens with zero attached hydrogens (tertiary/aromatic N) is 1. The van der Waals surface area contributed by atoms with E-state index in [-0.39, 0.29) is 35.7 Å². The number of hydrogen-bond acceptors (Lipinski definition) is 6. The van der Waals surface area contributed by atoms with Crippen molar-refractivity contribution in [3.05, 3.63) is 53.1 Å². The second-order valence-electron chi connectivity index (χ2n) is 9.91. The van der Waals surface area contributed by atoms with Crippen LogP contribution in [-0.4, -0.2) is 52.6 Å². The Labute approximate surface area is 193 Å². The summed E-state index contributed by atoms with van der Waals surface area (Å²) in [6.45, 7) is 3.50. The van der Waals surface area contributed by atoms with Crippen LogP contribution in [0, 0.1) is 5.92 Å². The molecule has 33 heavy (non-hydrogen) atoms. The lowest BCUT2D eigenvalue weighted by molar-refractivity contribution is 0.0561. The lowest BCUT2D eigenvalue weighted by Crippen LogP contribution is -2.50. The molecular formula is C25H32FN5O2. The Kier molecular flexibility index (Phi) is 5.49. The molecule has 2 saturated heterocycles. The van der Waals surface area contributed by atoms with Crippen molar-refractivity contribution in [1.29, 1.82) is 0 Å². The predicted octanol–water partition coefficient (Wildman–Crippen LogP) is 2.87. The lowest BCUT2D eigenvalue weighted by Gasteiger charge is -2.36. The largest absolute Gasteiger partial charge is 0.508 e. The van der Waals surface area contributed by atoms with Gasteiger partial charge in [0, 0.05) is 23.9 Å². The molecule has 3 fully saturated rings. The summed E-state index contributed by atoms with van der Waals surface area (Å²) in [5, 5.41) is 13.4. The highest BCUT2D eigenvalue weighted by Crippen LogP contribution is 2.45. The Hall–Kier alpha value is -2.26. The van der Waals surface area contributed by atoms with Crippen molar-refractivity contribution in [2.45, 2.75) is 68.9 Å². The van der Waals surface area contributed by atoms with Gasteiger partial charge in [0.15, 0.2) is 0 Å². The molecule has 0 spiro atoms. The van der Waals surface area contributed by atoms with Crippen LogP contribution >= 0.6 is 0 Å². The number of morpholine rings is 1. The van der Waals surface area contributed by atoms with Crippen LogP contribution in [0.3, 0.4) is 0 Å². The number of fused-ring (bicyclic) bond motifs is 3. The number of hydrazine groups is 1. The molecule has 0 radical (unpaired) electrons. The average Bonchev–Trinajstić information content (AvgIpc) is 3.47. The predicted molar refractivity (Wildman–Crippen MR) is 123 cm³/mol. The molecule has 4 aliphatic rings. The number of imidazole rings is 1. The maximum absolute atomic E-state index is 15.8. The fourth-order valence-corrected chi connectivity index (χ4v) is 6.29. The van der Waals surface area contributed by atoms with Crippen LogP contribution in [0.4, 0.5) is 4.39 Å². The van der Waals surface area contributed by atoms with Crippen LogP contribution < -0.4 is 16.2 Å². The SMILES string of the molecule is CCc1cc(O)ccc1C1CCC2C(c3ncc(C4=CC5COCC(C4)N5)[nH]3)NNC2C1F. The van der Waals surface area contributed by atoms with Crippen LogP contribution in [0.5, 0.6) is 5.75 Å². The number of nitrogens with one attached hydrogen (secondary N) is 4. The topological polar surface area (TPSA) is 94.2 Å². The van der Waals surface area contributed by atoms with Crippen LogP contribution in [-0.2, 0) is 11.2 Å². The van der Waals surface area contributed by atoms with Gasteiger partial charge < -0.3 is 20.1 Å². The molecule has 7 atom stereocenters. The molecule has 3 aliphatic heterocycles. The first-order valence-electron chi connectivity index (χ1n) is 12.2. The van der Waals surface area contributed by atoms with Gasteiger partial charge in [-0.1, -0.05) is 19.1 Å². The van der Waals surface area contributed by atoms with Gasteiger partial charge in [-0.15, -0.1) is 0 Å².